The summed E-state index contributed by atoms with van der Waals surface area (Å²) in [4.78, 5) is 35.3. The maximum Gasteiger partial charge on any atom is 0.363 e. The van der Waals surface area contributed by atoms with Crippen molar-refractivity contribution in [2.75, 3.05) is 13.2 Å². The van der Waals surface area contributed by atoms with Crippen molar-refractivity contribution in [1.82, 2.24) is 5.32 Å². The van der Waals surface area contributed by atoms with Crippen molar-refractivity contribution in [1.29, 1.82) is 0 Å². The van der Waals surface area contributed by atoms with Gasteiger partial charge in [-0.3, -0.25) is 4.90 Å². The Morgan fingerprint density at radius 2 is 1.77 bits per heavy atom. The lowest BCUT2D eigenvalue weighted by Crippen LogP contribution is -3.11. The Kier molecular flexibility index (Phi) is 8.10. The number of phenols is 1. The molecule has 15 nitrogen and oxygen atoms in total. The Labute approximate surface area is 220 Å². The molecule has 1 fully saturated rings. The molecule has 15 heteroatoms. The average molecular weight is 553 g/mol. The first kappa shape index (κ1) is 28.3. The smallest absolute Gasteiger partial charge is 0.363 e. The number of ether oxygens (including phenoxy) is 2. The molecule has 212 valence electrons. The molecule has 3 aliphatic rings. The molecule has 8 atom stereocenters. The molecule has 3 aliphatic heterocycles. The van der Waals surface area contributed by atoms with Gasteiger partial charge in [0.1, 0.15) is 48.4 Å². The van der Waals surface area contributed by atoms with E-state index in [0.717, 1.165) is 0 Å². The molecule has 0 bridgehead atoms. The fourth-order valence-electron chi connectivity index (χ4n) is 4.90. The Morgan fingerprint density at radius 1 is 1.05 bits per heavy atom. The summed E-state index contributed by atoms with van der Waals surface area (Å²) in [5.41, 5.74) is 0.960. The first-order chi connectivity index (χ1) is 18.4. The van der Waals surface area contributed by atoms with Crippen molar-refractivity contribution in [3.05, 3.63) is 41.1 Å². The van der Waals surface area contributed by atoms with Crippen LogP contribution in [0.5, 0.6) is 11.5 Å². The molecule has 0 radical (unpaired) electrons. The topological polar surface area (TPSA) is 248 Å². The maximum atomic E-state index is 12.0. The van der Waals surface area contributed by atoms with Crippen LogP contribution >= 0.6 is 0 Å². The number of aromatic hydroxyl groups is 1. The molecule has 0 aromatic heterocycles. The highest BCUT2D eigenvalue weighted by atomic mass is 16.7. The number of carboxylic acids is 3. The van der Waals surface area contributed by atoms with Crippen LogP contribution in [0.2, 0.25) is 0 Å². The number of aliphatic carboxylic acids is 3. The van der Waals surface area contributed by atoms with Crippen molar-refractivity contribution in [3.63, 3.8) is 0 Å². The third kappa shape index (κ3) is 5.68. The second-order valence-electron chi connectivity index (χ2n) is 9.50. The summed E-state index contributed by atoms with van der Waals surface area (Å²) in [5.74, 6) is -4.37. The van der Waals surface area contributed by atoms with Crippen molar-refractivity contribution in [2.24, 2.45) is 0 Å². The van der Waals surface area contributed by atoms with E-state index in [1.165, 1.54) is 18.2 Å². The molecule has 3 heterocycles. The van der Waals surface area contributed by atoms with Crippen LogP contribution in [0.3, 0.4) is 0 Å². The number of nitrogens with one attached hydrogen (secondary N) is 2. The van der Waals surface area contributed by atoms with Crippen LogP contribution in [-0.4, -0.2) is 115 Å². The van der Waals surface area contributed by atoms with E-state index in [1.54, 1.807) is 6.08 Å². The average Bonchev–Trinajstić information content (AvgIpc) is 3.24. The SMILES string of the molecule is O=C(O)C1=CC(=CC[NH+]2c3cc(O)c(O[C@@H]4O[C@H](CO)[C@@H](O)[C@H](O)[C@H]4O)cc3C[C@H]2C(=O)O)C[C@@H](C(=O)O)N1. The van der Waals surface area contributed by atoms with Crippen molar-refractivity contribution in [3.8, 4) is 11.5 Å². The van der Waals surface area contributed by atoms with Crippen LogP contribution in [0, 0.1) is 0 Å². The first-order valence-corrected chi connectivity index (χ1v) is 12.0. The number of benzene rings is 1. The van der Waals surface area contributed by atoms with Crippen molar-refractivity contribution in [2.45, 2.75) is 55.6 Å². The zero-order valence-electron chi connectivity index (χ0n) is 20.3. The molecule has 1 saturated heterocycles. The van der Waals surface area contributed by atoms with Gasteiger partial charge >= 0.3 is 17.9 Å². The Balaban J connectivity index is 1.59. The molecule has 1 aromatic carbocycles. The number of aliphatic hydroxyl groups is 4. The van der Waals surface area contributed by atoms with Gasteiger partial charge in [-0.25, -0.2) is 14.4 Å². The van der Waals surface area contributed by atoms with Crippen LogP contribution in [-0.2, 0) is 25.5 Å². The molecule has 4 rings (SSSR count). The summed E-state index contributed by atoms with van der Waals surface area (Å²) in [7, 11) is 0. The molecular formula is C24H29N2O13+. The second-order valence-corrected chi connectivity index (χ2v) is 9.50. The number of fused-ring (bicyclic) bond motifs is 1. The quantitative estimate of drug-likeness (QED) is 0.150. The lowest BCUT2D eigenvalue weighted by molar-refractivity contribution is -0.838. The molecule has 10 N–H and O–H groups in total. The largest absolute Gasteiger partial charge is 0.504 e. The van der Waals surface area contributed by atoms with Gasteiger partial charge in [-0.15, -0.1) is 0 Å². The number of carbonyl (C=O) groups is 3. The summed E-state index contributed by atoms with van der Waals surface area (Å²) in [6.07, 6.45) is -5.00. The van der Waals surface area contributed by atoms with Gasteiger partial charge < -0.3 is 55.6 Å². The van der Waals surface area contributed by atoms with E-state index < -0.39 is 73.1 Å². The molecular weight excluding hydrogens is 524 g/mol. The fraction of sp³-hybridized carbons (Fsp3) is 0.458. The molecule has 1 unspecified atom stereocenters. The summed E-state index contributed by atoms with van der Waals surface area (Å²) in [5, 5.41) is 81.0. The number of phenolic OH excluding ortho intramolecular Hbond substituents is 1. The number of carboxylic acid groups (broad SMARTS) is 3. The molecule has 0 saturated carbocycles. The highest BCUT2D eigenvalue weighted by Gasteiger charge is 2.46. The zero-order chi connectivity index (χ0) is 28.6. The first-order valence-electron chi connectivity index (χ1n) is 12.0. The number of hydrogen-bond donors (Lipinski definition) is 10. The Bertz CT molecular complexity index is 1210. The minimum Gasteiger partial charge on any atom is -0.504 e. The van der Waals surface area contributed by atoms with Crippen LogP contribution in [0.1, 0.15) is 12.0 Å². The summed E-state index contributed by atoms with van der Waals surface area (Å²) < 4.78 is 10.8. The third-order valence-electron chi connectivity index (χ3n) is 6.98. The van der Waals surface area contributed by atoms with Crippen LogP contribution in [0.4, 0.5) is 5.69 Å². The van der Waals surface area contributed by atoms with E-state index in [0.29, 0.717) is 21.7 Å². The summed E-state index contributed by atoms with van der Waals surface area (Å²) in [6.45, 7) is -0.650. The number of hydrogen-bond acceptors (Lipinski definition) is 11. The van der Waals surface area contributed by atoms with Crippen LogP contribution in [0.25, 0.3) is 0 Å². The highest BCUT2D eigenvalue weighted by molar-refractivity contribution is 5.89. The minimum atomic E-state index is -1.72. The summed E-state index contributed by atoms with van der Waals surface area (Å²) >= 11 is 0. The normalized spacial score (nSPS) is 33.1. The summed E-state index contributed by atoms with van der Waals surface area (Å²) in [6, 6.07) is 0.454. The molecule has 1 aromatic rings. The van der Waals surface area contributed by atoms with Gasteiger partial charge in [0, 0.05) is 24.5 Å². The van der Waals surface area contributed by atoms with Gasteiger partial charge in [0.15, 0.2) is 17.5 Å². The van der Waals surface area contributed by atoms with Gasteiger partial charge in [-0.2, -0.15) is 0 Å². The molecule has 39 heavy (non-hydrogen) atoms. The van der Waals surface area contributed by atoms with Crippen molar-refractivity contribution < 1.29 is 69.6 Å². The lowest BCUT2D eigenvalue weighted by Gasteiger charge is -2.39. The number of allylic oxidation sites excluding steroid dienone is 1. The lowest BCUT2D eigenvalue weighted by atomic mass is 9.99. The van der Waals surface area contributed by atoms with E-state index in [4.69, 9.17) is 9.47 Å². The van der Waals surface area contributed by atoms with E-state index in [9.17, 15) is 55.2 Å². The zero-order valence-corrected chi connectivity index (χ0v) is 20.3. The maximum absolute atomic E-state index is 12.0. The number of aliphatic hydroxyl groups excluding tert-OH is 4. The second kappa shape index (κ2) is 11.2. The van der Waals surface area contributed by atoms with E-state index in [1.807, 2.05) is 0 Å². The van der Waals surface area contributed by atoms with Gasteiger partial charge in [0.25, 0.3) is 0 Å². The molecule has 0 spiro atoms. The van der Waals surface area contributed by atoms with Crippen molar-refractivity contribution >= 4 is 23.6 Å². The van der Waals surface area contributed by atoms with E-state index in [-0.39, 0.29) is 30.8 Å². The predicted molar refractivity (Wildman–Crippen MR) is 126 cm³/mol. The molecule has 0 aliphatic carbocycles. The number of rotatable bonds is 8. The van der Waals surface area contributed by atoms with Crippen LogP contribution < -0.4 is 15.0 Å². The van der Waals surface area contributed by atoms with Gasteiger partial charge in [0.2, 0.25) is 6.29 Å². The van der Waals surface area contributed by atoms with Gasteiger partial charge in [-0.05, 0) is 23.8 Å². The third-order valence-corrected chi connectivity index (χ3v) is 6.98. The van der Waals surface area contributed by atoms with Gasteiger partial charge in [0.05, 0.1) is 6.61 Å². The molecule has 0 amide bonds. The minimum absolute atomic E-state index is 0.0179. The fourth-order valence-corrected chi connectivity index (χ4v) is 4.90. The van der Waals surface area contributed by atoms with E-state index in [2.05, 4.69) is 5.32 Å². The standard InChI is InChI=1S/C24H28N2O13/c27-8-17-18(29)19(30)20(31)24(39-17)38-16-6-10-5-14(23(36)37)26(13(10)7-15(16)28)2-1-9-3-11(21(32)33)25-12(4-9)22(34)35/h1,3,6-7,12,14,17-20,24-25,27-31H,2,4-5,8H2,(H,32,33)(H,34,35)(H,36,37)/p+1/t12-,14-,17+,18+,19-,20+,24+/m0/s1. The van der Waals surface area contributed by atoms with Gasteiger partial charge in [-0.1, -0.05) is 0 Å². The van der Waals surface area contributed by atoms with Crippen LogP contribution in [0.15, 0.2) is 35.6 Å². The van der Waals surface area contributed by atoms with E-state index >= 15 is 0 Å². The highest BCUT2D eigenvalue weighted by Crippen LogP contribution is 2.36. The predicted octanol–water partition coefficient (Wildman–Crippen LogP) is -3.56. The number of quaternary nitrogens is 1. The Morgan fingerprint density at radius 3 is 2.38 bits per heavy atom. The Hall–Kier alpha value is -3.73. The monoisotopic (exact) mass is 553 g/mol.